The molecular formula is C23H21N3O6. The van der Waals surface area contributed by atoms with Crippen molar-refractivity contribution in [3.63, 3.8) is 0 Å². The summed E-state index contributed by atoms with van der Waals surface area (Å²) in [6.45, 7) is 3.82. The number of carbonyl (C=O) groups excluding carboxylic acids is 2. The van der Waals surface area contributed by atoms with E-state index in [2.05, 4.69) is 0 Å². The van der Waals surface area contributed by atoms with Crippen molar-refractivity contribution in [2.45, 2.75) is 39.0 Å². The van der Waals surface area contributed by atoms with Crippen LogP contribution in [0.1, 0.15) is 44.6 Å². The lowest BCUT2D eigenvalue weighted by Crippen LogP contribution is -2.44. The smallest absolute Gasteiger partial charge is 0.293 e. The predicted octanol–water partition coefficient (Wildman–Crippen LogP) is 4.67. The average Bonchev–Trinajstić information content (AvgIpc) is 2.72. The van der Waals surface area contributed by atoms with E-state index in [1.165, 1.54) is 41.3 Å². The van der Waals surface area contributed by atoms with Gasteiger partial charge in [0.2, 0.25) is 5.91 Å². The molecule has 2 aromatic carbocycles. The molecule has 4 rings (SSSR count). The number of amides is 1. The summed E-state index contributed by atoms with van der Waals surface area (Å²) in [5, 5.41) is 22.9. The molecule has 0 bridgehead atoms. The van der Waals surface area contributed by atoms with Gasteiger partial charge in [0.1, 0.15) is 5.69 Å². The third kappa shape index (κ3) is 3.66. The Balaban J connectivity index is 1.94. The van der Waals surface area contributed by atoms with Gasteiger partial charge in [-0.3, -0.25) is 34.7 Å². The molecule has 1 atom stereocenters. The molecule has 1 aliphatic heterocycles. The third-order valence-corrected chi connectivity index (χ3v) is 5.95. The number of nitro groups is 2. The van der Waals surface area contributed by atoms with E-state index in [1.807, 2.05) is 13.8 Å². The normalized spacial score (nSPS) is 20.2. The van der Waals surface area contributed by atoms with Gasteiger partial charge in [0, 0.05) is 48.2 Å². The largest absolute Gasteiger partial charge is 0.294 e. The van der Waals surface area contributed by atoms with Crippen molar-refractivity contribution < 1.29 is 19.4 Å². The van der Waals surface area contributed by atoms with E-state index in [0.717, 1.165) is 0 Å². The third-order valence-electron chi connectivity index (χ3n) is 5.95. The highest BCUT2D eigenvalue weighted by Crippen LogP contribution is 2.49. The molecule has 1 unspecified atom stereocenters. The molecule has 0 spiro atoms. The highest BCUT2D eigenvalue weighted by Gasteiger charge is 2.45. The molecular weight excluding hydrogens is 414 g/mol. The molecule has 0 fully saturated rings. The number of hydrogen-bond donors (Lipinski definition) is 0. The van der Waals surface area contributed by atoms with Crippen molar-refractivity contribution in [2.24, 2.45) is 5.41 Å². The predicted molar refractivity (Wildman–Crippen MR) is 116 cm³/mol. The molecule has 32 heavy (non-hydrogen) atoms. The molecule has 0 aromatic heterocycles. The van der Waals surface area contributed by atoms with Crippen LogP contribution in [-0.2, 0) is 9.59 Å². The van der Waals surface area contributed by atoms with Crippen LogP contribution in [0, 0.1) is 25.6 Å². The van der Waals surface area contributed by atoms with Gasteiger partial charge in [-0.15, -0.1) is 0 Å². The Morgan fingerprint density at radius 1 is 0.969 bits per heavy atom. The molecule has 1 aliphatic carbocycles. The van der Waals surface area contributed by atoms with Gasteiger partial charge < -0.3 is 0 Å². The van der Waals surface area contributed by atoms with Crippen LogP contribution in [0.2, 0.25) is 0 Å². The number of carbonyl (C=O) groups is 2. The van der Waals surface area contributed by atoms with Crippen LogP contribution in [-0.4, -0.2) is 21.5 Å². The van der Waals surface area contributed by atoms with E-state index in [0.29, 0.717) is 23.3 Å². The zero-order chi connectivity index (χ0) is 23.2. The summed E-state index contributed by atoms with van der Waals surface area (Å²) in [7, 11) is 0. The van der Waals surface area contributed by atoms with E-state index in [4.69, 9.17) is 0 Å². The van der Waals surface area contributed by atoms with E-state index in [9.17, 15) is 29.8 Å². The van der Waals surface area contributed by atoms with Gasteiger partial charge in [-0.05, 0) is 23.5 Å². The summed E-state index contributed by atoms with van der Waals surface area (Å²) >= 11 is 0. The summed E-state index contributed by atoms with van der Waals surface area (Å²) in [6, 6.07) is 11.9. The maximum atomic E-state index is 13.4. The molecule has 0 saturated carbocycles. The van der Waals surface area contributed by atoms with Crippen LogP contribution in [0.3, 0.4) is 0 Å². The fourth-order valence-corrected chi connectivity index (χ4v) is 4.64. The first-order chi connectivity index (χ1) is 15.1. The Morgan fingerprint density at radius 3 is 2.38 bits per heavy atom. The monoisotopic (exact) mass is 435 g/mol. The summed E-state index contributed by atoms with van der Waals surface area (Å²) in [6.07, 6.45) is 0.520. The quantitative estimate of drug-likeness (QED) is 0.508. The lowest BCUT2D eigenvalue weighted by Gasteiger charge is -2.42. The van der Waals surface area contributed by atoms with Gasteiger partial charge in [-0.25, -0.2) is 0 Å². The van der Waals surface area contributed by atoms with Crippen molar-refractivity contribution in [1.29, 1.82) is 0 Å². The van der Waals surface area contributed by atoms with E-state index in [-0.39, 0.29) is 41.6 Å². The van der Waals surface area contributed by atoms with Crippen LogP contribution in [0.5, 0.6) is 0 Å². The van der Waals surface area contributed by atoms with Gasteiger partial charge >= 0.3 is 0 Å². The van der Waals surface area contributed by atoms with Crippen molar-refractivity contribution in [3.8, 4) is 0 Å². The van der Waals surface area contributed by atoms with E-state index < -0.39 is 21.2 Å². The van der Waals surface area contributed by atoms with Gasteiger partial charge in [0.05, 0.1) is 9.85 Å². The number of nitrogens with zero attached hydrogens (tertiary/aromatic N) is 3. The summed E-state index contributed by atoms with van der Waals surface area (Å²) < 4.78 is 0. The zero-order valence-corrected chi connectivity index (χ0v) is 17.6. The van der Waals surface area contributed by atoms with Crippen molar-refractivity contribution >= 4 is 28.8 Å². The number of allylic oxidation sites excluding steroid dienone is 2. The molecule has 0 saturated heterocycles. The Hall–Kier alpha value is -3.88. The lowest BCUT2D eigenvalue weighted by molar-refractivity contribution is -0.384. The number of benzene rings is 2. The van der Waals surface area contributed by atoms with Crippen LogP contribution < -0.4 is 4.90 Å². The number of non-ortho nitro benzene ring substituents is 1. The van der Waals surface area contributed by atoms with Gasteiger partial charge in [-0.2, -0.15) is 0 Å². The molecule has 9 nitrogen and oxygen atoms in total. The minimum atomic E-state index is -0.639. The molecule has 2 aliphatic rings. The number of Topliss-reactive ketones (excluding diaryl/α,β-unsaturated/α-hetero) is 1. The standard InChI is InChI=1S/C23H21N3O6/c1-23(2)12-19-22(20(27)13-23)16(14-6-5-7-15(10-14)25(29)30)11-21(28)24(19)17-8-3-4-9-18(17)26(31)32/h3-10,16H,11-13H2,1-2H3. The van der Waals surface area contributed by atoms with Crippen LogP contribution in [0.15, 0.2) is 59.8 Å². The highest BCUT2D eigenvalue weighted by atomic mass is 16.6. The first-order valence-electron chi connectivity index (χ1n) is 10.2. The molecule has 0 radical (unpaired) electrons. The zero-order valence-electron chi connectivity index (χ0n) is 17.6. The summed E-state index contributed by atoms with van der Waals surface area (Å²) in [5.41, 5.74) is 0.686. The maximum absolute atomic E-state index is 13.4. The number of ketones is 1. The van der Waals surface area contributed by atoms with Gasteiger partial charge in [0.25, 0.3) is 11.4 Å². The van der Waals surface area contributed by atoms with Crippen LogP contribution >= 0.6 is 0 Å². The fourth-order valence-electron chi connectivity index (χ4n) is 4.64. The molecule has 164 valence electrons. The SMILES string of the molecule is CC1(C)CC(=O)C2=C(C1)N(c1ccccc1[N+](=O)[O-])C(=O)CC2c1cccc([N+](=O)[O-])c1. The first kappa shape index (κ1) is 21.4. The lowest BCUT2D eigenvalue weighted by atomic mass is 9.69. The molecule has 2 aromatic rings. The molecule has 0 N–H and O–H groups in total. The van der Waals surface area contributed by atoms with Crippen LogP contribution in [0.4, 0.5) is 17.1 Å². The van der Waals surface area contributed by atoms with Crippen LogP contribution in [0.25, 0.3) is 0 Å². The number of rotatable bonds is 4. The summed E-state index contributed by atoms with van der Waals surface area (Å²) in [5.74, 6) is -1.18. The molecule has 1 amide bonds. The second kappa shape index (κ2) is 7.67. The maximum Gasteiger partial charge on any atom is 0.293 e. The van der Waals surface area contributed by atoms with Crippen molar-refractivity contribution in [2.75, 3.05) is 4.90 Å². The van der Waals surface area contributed by atoms with Crippen molar-refractivity contribution in [3.05, 3.63) is 85.6 Å². The number of hydrogen-bond acceptors (Lipinski definition) is 6. The number of nitro benzene ring substituents is 2. The Labute approximate surface area is 183 Å². The molecule has 9 heteroatoms. The minimum Gasteiger partial charge on any atom is -0.294 e. The first-order valence-corrected chi connectivity index (χ1v) is 10.2. The Morgan fingerprint density at radius 2 is 1.69 bits per heavy atom. The second-order valence-corrected chi connectivity index (χ2v) is 8.89. The van der Waals surface area contributed by atoms with E-state index in [1.54, 1.807) is 12.1 Å². The fraction of sp³-hybridized carbons (Fsp3) is 0.304. The molecule has 1 heterocycles. The van der Waals surface area contributed by atoms with E-state index >= 15 is 0 Å². The second-order valence-electron chi connectivity index (χ2n) is 8.89. The van der Waals surface area contributed by atoms with Crippen molar-refractivity contribution in [1.82, 2.24) is 0 Å². The average molecular weight is 435 g/mol. The number of anilines is 1. The number of para-hydroxylation sites is 2. The minimum absolute atomic E-state index is 0.113. The van der Waals surface area contributed by atoms with Gasteiger partial charge in [0.15, 0.2) is 5.78 Å². The van der Waals surface area contributed by atoms with Gasteiger partial charge in [-0.1, -0.05) is 38.1 Å². The Kier molecular flexibility index (Phi) is 5.12. The highest BCUT2D eigenvalue weighted by molar-refractivity contribution is 6.08. The Bertz CT molecular complexity index is 1200. The summed E-state index contributed by atoms with van der Waals surface area (Å²) in [4.78, 5) is 49.8. The topological polar surface area (TPSA) is 124 Å².